The monoisotopic (exact) mass is 357 g/mol. The van der Waals surface area contributed by atoms with Crippen molar-refractivity contribution in [3.8, 4) is 0 Å². The van der Waals surface area contributed by atoms with Gasteiger partial charge in [0.15, 0.2) is 0 Å². The molecule has 106 valence electrons. The zero-order chi connectivity index (χ0) is 14.8. The van der Waals surface area contributed by atoms with E-state index in [0.29, 0.717) is 0 Å². The van der Waals surface area contributed by atoms with Gasteiger partial charge in [-0.1, -0.05) is 28.1 Å². The molecule has 2 aromatic carbocycles. The molecule has 2 rings (SSSR count). The average molecular weight is 358 g/mol. The van der Waals surface area contributed by atoms with Crippen LogP contribution in [0.3, 0.4) is 0 Å². The second-order valence-electron chi connectivity index (χ2n) is 4.34. The Kier molecular flexibility index (Phi) is 4.57. The Balaban J connectivity index is 2.23. The topological polar surface area (TPSA) is 37.4 Å². The summed E-state index contributed by atoms with van der Waals surface area (Å²) in [6.45, 7) is 0.249. The van der Waals surface area contributed by atoms with E-state index in [4.69, 9.17) is 0 Å². The summed E-state index contributed by atoms with van der Waals surface area (Å²) in [5.74, 6) is -0.460. The molecule has 0 heterocycles. The van der Waals surface area contributed by atoms with Crippen molar-refractivity contribution in [1.82, 2.24) is 4.31 Å². The van der Waals surface area contributed by atoms with Crippen molar-refractivity contribution in [3.63, 3.8) is 0 Å². The van der Waals surface area contributed by atoms with Gasteiger partial charge >= 0.3 is 0 Å². The fourth-order valence-electron chi connectivity index (χ4n) is 1.76. The van der Waals surface area contributed by atoms with Crippen LogP contribution in [0, 0.1) is 5.82 Å². The van der Waals surface area contributed by atoms with Crippen LogP contribution in [0.15, 0.2) is 57.9 Å². The van der Waals surface area contributed by atoms with Crippen LogP contribution < -0.4 is 0 Å². The Labute approximate surface area is 126 Å². The summed E-state index contributed by atoms with van der Waals surface area (Å²) in [5, 5.41) is 0. The van der Waals surface area contributed by atoms with Gasteiger partial charge in [-0.15, -0.1) is 0 Å². The van der Waals surface area contributed by atoms with Gasteiger partial charge in [0, 0.05) is 18.1 Å². The van der Waals surface area contributed by atoms with Crippen molar-refractivity contribution in [1.29, 1.82) is 0 Å². The van der Waals surface area contributed by atoms with Gasteiger partial charge in [-0.2, -0.15) is 4.31 Å². The number of benzene rings is 2. The normalized spacial score (nSPS) is 11.8. The number of rotatable bonds is 4. The van der Waals surface area contributed by atoms with Crippen LogP contribution >= 0.6 is 15.9 Å². The van der Waals surface area contributed by atoms with Crippen LogP contribution in [0.25, 0.3) is 0 Å². The molecule has 0 amide bonds. The van der Waals surface area contributed by atoms with Crippen molar-refractivity contribution in [2.45, 2.75) is 11.4 Å². The highest BCUT2D eigenvalue weighted by molar-refractivity contribution is 9.10. The number of hydrogen-bond donors (Lipinski definition) is 0. The van der Waals surface area contributed by atoms with Crippen molar-refractivity contribution >= 4 is 26.0 Å². The number of halogens is 2. The minimum Gasteiger partial charge on any atom is -0.207 e. The van der Waals surface area contributed by atoms with Crippen LogP contribution in [-0.4, -0.2) is 19.8 Å². The zero-order valence-corrected chi connectivity index (χ0v) is 13.2. The molecule has 0 atom stereocenters. The quantitative estimate of drug-likeness (QED) is 0.840. The predicted molar refractivity (Wildman–Crippen MR) is 79.2 cm³/mol. The van der Waals surface area contributed by atoms with Crippen molar-refractivity contribution < 1.29 is 12.8 Å². The Morgan fingerprint density at radius 3 is 2.40 bits per heavy atom. The minimum absolute atomic E-state index is 0.0800. The van der Waals surface area contributed by atoms with Crippen LogP contribution in [0.4, 0.5) is 4.39 Å². The minimum atomic E-state index is -3.62. The van der Waals surface area contributed by atoms with Gasteiger partial charge in [-0.25, -0.2) is 12.8 Å². The molecular formula is C14H13BrFNO2S. The molecule has 0 aliphatic rings. The maximum absolute atomic E-state index is 12.9. The molecule has 0 aliphatic heterocycles. The maximum atomic E-state index is 12.9. The van der Waals surface area contributed by atoms with Crippen LogP contribution in [0.2, 0.25) is 0 Å². The average Bonchev–Trinajstić information content (AvgIpc) is 2.39. The lowest BCUT2D eigenvalue weighted by atomic mass is 10.2. The van der Waals surface area contributed by atoms with Crippen LogP contribution in [0.5, 0.6) is 0 Å². The zero-order valence-electron chi connectivity index (χ0n) is 10.8. The smallest absolute Gasteiger partial charge is 0.207 e. The molecule has 2 aromatic rings. The molecule has 0 N–H and O–H groups in total. The fourth-order valence-corrected chi connectivity index (χ4v) is 3.37. The van der Waals surface area contributed by atoms with E-state index in [-0.39, 0.29) is 11.4 Å². The second-order valence-corrected chi connectivity index (χ2v) is 7.31. The number of sulfonamides is 1. The molecule has 3 nitrogen and oxygen atoms in total. The lowest BCUT2D eigenvalue weighted by molar-refractivity contribution is 0.466. The van der Waals surface area contributed by atoms with E-state index in [1.54, 1.807) is 0 Å². The summed E-state index contributed by atoms with van der Waals surface area (Å²) in [6, 6.07) is 12.2. The highest BCUT2D eigenvalue weighted by Crippen LogP contribution is 2.19. The molecule has 0 aliphatic carbocycles. The molecule has 20 heavy (non-hydrogen) atoms. The van der Waals surface area contributed by atoms with Crippen LogP contribution in [0.1, 0.15) is 5.56 Å². The standard InChI is InChI=1S/C14H13BrFNO2S/c1-17(10-11-3-2-4-12(15)9-11)20(18,19)14-7-5-13(16)6-8-14/h2-9H,10H2,1H3. The SMILES string of the molecule is CN(Cc1cccc(Br)c1)S(=O)(=O)c1ccc(F)cc1. The number of nitrogens with zero attached hydrogens (tertiary/aromatic N) is 1. The number of hydrogen-bond acceptors (Lipinski definition) is 2. The third-order valence-corrected chi connectivity index (χ3v) is 5.13. The Morgan fingerprint density at radius 1 is 1.15 bits per heavy atom. The first-order chi connectivity index (χ1) is 9.39. The van der Waals surface area contributed by atoms with E-state index in [2.05, 4.69) is 15.9 Å². The molecule has 0 radical (unpaired) electrons. The lowest BCUT2D eigenvalue weighted by Gasteiger charge is -2.17. The first-order valence-corrected chi connectivity index (χ1v) is 8.09. The van der Waals surface area contributed by atoms with E-state index in [0.717, 1.165) is 22.2 Å². The Morgan fingerprint density at radius 2 is 1.80 bits per heavy atom. The largest absolute Gasteiger partial charge is 0.243 e. The second kappa shape index (κ2) is 6.03. The van der Waals surface area contributed by atoms with E-state index < -0.39 is 15.8 Å². The highest BCUT2D eigenvalue weighted by Gasteiger charge is 2.20. The maximum Gasteiger partial charge on any atom is 0.243 e. The predicted octanol–water partition coefficient (Wildman–Crippen LogP) is 3.41. The molecule has 0 fully saturated rings. The summed E-state index contributed by atoms with van der Waals surface area (Å²) < 4.78 is 39.6. The summed E-state index contributed by atoms with van der Waals surface area (Å²) >= 11 is 3.35. The third kappa shape index (κ3) is 3.45. The highest BCUT2D eigenvalue weighted by atomic mass is 79.9. The van der Waals surface area contributed by atoms with Gasteiger partial charge in [0.1, 0.15) is 5.82 Å². The molecular weight excluding hydrogens is 345 g/mol. The van der Waals surface area contributed by atoms with Crippen LogP contribution in [-0.2, 0) is 16.6 Å². The van der Waals surface area contributed by atoms with Gasteiger partial charge in [-0.05, 0) is 42.0 Å². The van der Waals surface area contributed by atoms with Gasteiger partial charge in [0.05, 0.1) is 4.90 Å². The van der Waals surface area contributed by atoms with E-state index in [9.17, 15) is 12.8 Å². The molecule has 0 unspecified atom stereocenters. The van der Waals surface area contributed by atoms with Crippen molar-refractivity contribution in [2.75, 3.05) is 7.05 Å². The molecule has 0 bridgehead atoms. The lowest BCUT2D eigenvalue weighted by Crippen LogP contribution is -2.26. The summed E-state index contributed by atoms with van der Waals surface area (Å²) in [6.07, 6.45) is 0. The summed E-state index contributed by atoms with van der Waals surface area (Å²) in [4.78, 5) is 0.0800. The van der Waals surface area contributed by atoms with E-state index in [1.807, 2.05) is 24.3 Å². The van der Waals surface area contributed by atoms with Crippen molar-refractivity contribution in [2.24, 2.45) is 0 Å². The molecule has 0 aromatic heterocycles. The molecule has 0 spiro atoms. The fraction of sp³-hybridized carbons (Fsp3) is 0.143. The first-order valence-electron chi connectivity index (χ1n) is 5.86. The van der Waals surface area contributed by atoms with Gasteiger partial charge in [-0.3, -0.25) is 0 Å². The van der Waals surface area contributed by atoms with Gasteiger partial charge in [0.25, 0.3) is 0 Å². The first kappa shape index (κ1) is 15.2. The summed E-state index contributed by atoms with van der Waals surface area (Å²) in [5.41, 5.74) is 0.868. The Bertz CT molecular complexity index is 701. The van der Waals surface area contributed by atoms with Gasteiger partial charge < -0.3 is 0 Å². The Hall–Kier alpha value is -1.24. The third-order valence-electron chi connectivity index (χ3n) is 2.82. The summed E-state index contributed by atoms with van der Waals surface area (Å²) in [7, 11) is -2.12. The van der Waals surface area contributed by atoms with E-state index >= 15 is 0 Å². The molecule has 6 heteroatoms. The van der Waals surface area contributed by atoms with Crippen molar-refractivity contribution in [3.05, 3.63) is 64.4 Å². The molecule has 0 saturated carbocycles. The van der Waals surface area contributed by atoms with E-state index in [1.165, 1.54) is 23.5 Å². The molecule has 0 saturated heterocycles. The van der Waals surface area contributed by atoms with Gasteiger partial charge in [0.2, 0.25) is 10.0 Å².